The first-order valence-electron chi connectivity index (χ1n) is 7.92. The number of ether oxygens (including phenoxy) is 1. The van der Waals surface area contributed by atoms with Crippen molar-refractivity contribution in [3.63, 3.8) is 0 Å². The number of amides is 1. The standard InChI is InChI=1S/C17H20BrN3O3.ClH/c1-11-8-14(24-20-11)10-23-16-3-2-12(9-15(16)18)17(22)21-6-4-13(19)5-7-21;/h2-3,8-9,13H,4-7,10,19H2,1H3;1H. The second-order valence-corrected chi connectivity index (χ2v) is 6.85. The van der Waals surface area contributed by atoms with Crippen LogP contribution in [0.25, 0.3) is 0 Å². The van der Waals surface area contributed by atoms with E-state index in [-0.39, 0.29) is 31.0 Å². The molecule has 1 aliphatic heterocycles. The van der Waals surface area contributed by atoms with Crippen molar-refractivity contribution in [1.29, 1.82) is 0 Å². The van der Waals surface area contributed by atoms with Gasteiger partial charge in [0, 0.05) is 30.8 Å². The lowest BCUT2D eigenvalue weighted by Crippen LogP contribution is -2.42. The number of rotatable bonds is 4. The predicted octanol–water partition coefficient (Wildman–Crippen LogP) is 3.31. The highest BCUT2D eigenvalue weighted by molar-refractivity contribution is 9.10. The van der Waals surface area contributed by atoms with E-state index < -0.39 is 0 Å². The van der Waals surface area contributed by atoms with Crippen LogP contribution in [0.15, 0.2) is 33.3 Å². The summed E-state index contributed by atoms with van der Waals surface area (Å²) in [4.78, 5) is 14.4. The van der Waals surface area contributed by atoms with E-state index in [2.05, 4.69) is 21.1 Å². The molecule has 3 rings (SSSR count). The number of nitrogens with two attached hydrogens (primary N) is 1. The Balaban J connectivity index is 0.00000225. The molecule has 0 aliphatic carbocycles. The zero-order valence-electron chi connectivity index (χ0n) is 13.9. The molecule has 2 aromatic rings. The minimum Gasteiger partial charge on any atom is -0.484 e. The van der Waals surface area contributed by atoms with Crippen LogP contribution >= 0.6 is 28.3 Å². The summed E-state index contributed by atoms with van der Waals surface area (Å²) in [7, 11) is 0. The van der Waals surface area contributed by atoms with Gasteiger partial charge in [0.15, 0.2) is 5.76 Å². The summed E-state index contributed by atoms with van der Waals surface area (Å²) in [5.74, 6) is 1.34. The molecule has 6 nitrogen and oxygen atoms in total. The highest BCUT2D eigenvalue weighted by Gasteiger charge is 2.22. The van der Waals surface area contributed by atoms with Crippen LogP contribution in [0.5, 0.6) is 5.75 Å². The third kappa shape index (κ3) is 4.96. The summed E-state index contributed by atoms with van der Waals surface area (Å²) in [5, 5.41) is 3.82. The molecule has 2 heterocycles. The van der Waals surface area contributed by atoms with Gasteiger partial charge in [-0.1, -0.05) is 5.16 Å². The Morgan fingerprint density at radius 2 is 2.12 bits per heavy atom. The van der Waals surface area contributed by atoms with Gasteiger partial charge >= 0.3 is 0 Å². The zero-order chi connectivity index (χ0) is 17.1. The number of hydrogen-bond donors (Lipinski definition) is 1. The van der Waals surface area contributed by atoms with E-state index in [9.17, 15) is 4.79 Å². The van der Waals surface area contributed by atoms with Crippen molar-refractivity contribution in [2.45, 2.75) is 32.4 Å². The molecule has 0 bridgehead atoms. The fraction of sp³-hybridized carbons (Fsp3) is 0.412. The van der Waals surface area contributed by atoms with Crippen molar-refractivity contribution >= 4 is 34.2 Å². The van der Waals surface area contributed by atoms with Gasteiger partial charge in [-0.15, -0.1) is 12.4 Å². The molecular weight excluding hydrogens is 410 g/mol. The topological polar surface area (TPSA) is 81.6 Å². The molecule has 0 spiro atoms. The Morgan fingerprint density at radius 3 is 2.72 bits per heavy atom. The second kappa shape index (κ2) is 8.69. The molecule has 1 saturated heterocycles. The van der Waals surface area contributed by atoms with Crippen LogP contribution in [0.1, 0.15) is 34.7 Å². The fourth-order valence-electron chi connectivity index (χ4n) is 2.67. The third-order valence-electron chi connectivity index (χ3n) is 4.05. The molecule has 1 fully saturated rings. The van der Waals surface area contributed by atoms with E-state index in [0.29, 0.717) is 30.2 Å². The maximum atomic E-state index is 12.6. The number of nitrogens with zero attached hydrogens (tertiary/aromatic N) is 2. The Hall–Kier alpha value is -1.57. The van der Waals surface area contributed by atoms with E-state index in [0.717, 1.165) is 23.0 Å². The molecule has 0 radical (unpaired) electrons. The van der Waals surface area contributed by atoms with Gasteiger partial charge < -0.3 is 19.9 Å². The SMILES string of the molecule is Cc1cc(COc2ccc(C(=O)N3CCC(N)CC3)cc2Br)on1.Cl. The van der Waals surface area contributed by atoms with Gasteiger partial charge in [0.2, 0.25) is 0 Å². The van der Waals surface area contributed by atoms with Crippen LogP contribution in [0, 0.1) is 6.92 Å². The third-order valence-corrected chi connectivity index (χ3v) is 4.67. The summed E-state index contributed by atoms with van der Waals surface area (Å²) < 4.78 is 11.6. The lowest BCUT2D eigenvalue weighted by molar-refractivity contribution is 0.0714. The number of piperidine rings is 1. The highest BCUT2D eigenvalue weighted by atomic mass is 79.9. The maximum absolute atomic E-state index is 12.6. The smallest absolute Gasteiger partial charge is 0.253 e. The van der Waals surface area contributed by atoms with Crippen molar-refractivity contribution in [3.8, 4) is 5.75 Å². The Labute approximate surface area is 161 Å². The van der Waals surface area contributed by atoms with E-state index in [1.807, 2.05) is 17.9 Å². The summed E-state index contributed by atoms with van der Waals surface area (Å²) in [6.45, 7) is 3.56. The van der Waals surface area contributed by atoms with Crippen LogP contribution in [0.2, 0.25) is 0 Å². The minimum absolute atomic E-state index is 0. The first-order valence-corrected chi connectivity index (χ1v) is 8.71. The average molecular weight is 431 g/mol. The largest absolute Gasteiger partial charge is 0.484 e. The van der Waals surface area contributed by atoms with Gasteiger partial charge in [-0.25, -0.2) is 0 Å². The first kappa shape index (κ1) is 19.8. The van der Waals surface area contributed by atoms with Gasteiger partial charge in [0.25, 0.3) is 5.91 Å². The molecule has 1 aromatic heterocycles. The van der Waals surface area contributed by atoms with E-state index in [1.165, 1.54) is 0 Å². The Morgan fingerprint density at radius 1 is 1.40 bits per heavy atom. The van der Waals surface area contributed by atoms with Gasteiger partial charge in [-0.3, -0.25) is 4.79 Å². The van der Waals surface area contributed by atoms with Gasteiger partial charge in [0.1, 0.15) is 12.4 Å². The van der Waals surface area contributed by atoms with Crippen LogP contribution in [-0.4, -0.2) is 35.1 Å². The van der Waals surface area contributed by atoms with Crippen LogP contribution in [0.4, 0.5) is 0 Å². The number of likely N-dealkylation sites (tertiary alicyclic amines) is 1. The number of benzene rings is 1. The van der Waals surface area contributed by atoms with Crippen LogP contribution in [0.3, 0.4) is 0 Å². The summed E-state index contributed by atoms with van der Waals surface area (Å²) in [5.41, 5.74) is 7.34. The van der Waals surface area contributed by atoms with E-state index >= 15 is 0 Å². The number of carbonyl (C=O) groups is 1. The lowest BCUT2D eigenvalue weighted by atomic mass is 10.0. The highest BCUT2D eigenvalue weighted by Crippen LogP contribution is 2.28. The molecule has 1 aliphatic rings. The molecule has 0 unspecified atom stereocenters. The van der Waals surface area contributed by atoms with Crippen molar-refractivity contribution in [2.24, 2.45) is 5.73 Å². The van der Waals surface area contributed by atoms with E-state index in [4.69, 9.17) is 15.0 Å². The molecule has 25 heavy (non-hydrogen) atoms. The maximum Gasteiger partial charge on any atom is 0.253 e. The Kier molecular flexibility index (Phi) is 6.87. The van der Waals surface area contributed by atoms with Gasteiger partial charge in [0.05, 0.1) is 10.2 Å². The predicted molar refractivity (Wildman–Crippen MR) is 100 cm³/mol. The van der Waals surface area contributed by atoms with Gasteiger partial charge in [-0.2, -0.15) is 0 Å². The fourth-order valence-corrected chi connectivity index (χ4v) is 3.16. The van der Waals surface area contributed by atoms with Crippen LogP contribution in [-0.2, 0) is 6.61 Å². The van der Waals surface area contributed by atoms with Crippen molar-refractivity contribution < 1.29 is 14.1 Å². The monoisotopic (exact) mass is 429 g/mol. The number of aryl methyl sites for hydroxylation is 1. The minimum atomic E-state index is 0. The molecule has 136 valence electrons. The molecule has 1 amide bonds. The average Bonchev–Trinajstić information content (AvgIpc) is 2.99. The number of hydrogen-bond acceptors (Lipinski definition) is 5. The molecule has 1 aromatic carbocycles. The quantitative estimate of drug-likeness (QED) is 0.805. The lowest BCUT2D eigenvalue weighted by Gasteiger charge is -2.30. The summed E-state index contributed by atoms with van der Waals surface area (Å²) in [6.07, 6.45) is 1.70. The number of aromatic nitrogens is 1. The first-order chi connectivity index (χ1) is 11.5. The normalized spacial score (nSPS) is 14.9. The summed E-state index contributed by atoms with van der Waals surface area (Å²) in [6, 6.07) is 7.39. The zero-order valence-corrected chi connectivity index (χ0v) is 16.3. The van der Waals surface area contributed by atoms with Crippen molar-refractivity contribution in [3.05, 3.63) is 45.8 Å². The molecular formula is C17H21BrClN3O3. The van der Waals surface area contributed by atoms with Crippen LogP contribution < -0.4 is 10.5 Å². The second-order valence-electron chi connectivity index (χ2n) is 6.00. The Bertz CT molecular complexity index is 730. The molecule has 8 heteroatoms. The number of carbonyl (C=O) groups excluding carboxylic acids is 1. The van der Waals surface area contributed by atoms with Crippen molar-refractivity contribution in [2.75, 3.05) is 13.1 Å². The van der Waals surface area contributed by atoms with Crippen molar-refractivity contribution in [1.82, 2.24) is 10.1 Å². The molecule has 2 N–H and O–H groups in total. The number of halogens is 2. The van der Waals surface area contributed by atoms with E-state index in [1.54, 1.807) is 18.2 Å². The summed E-state index contributed by atoms with van der Waals surface area (Å²) >= 11 is 3.47. The van der Waals surface area contributed by atoms with Gasteiger partial charge in [-0.05, 0) is 53.9 Å². The molecule has 0 atom stereocenters. The molecule has 0 saturated carbocycles.